The van der Waals surface area contributed by atoms with Gasteiger partial charge in [0.1, 0.15) is 11.8 Å². The van der Waals surface area contributed by atoms with Gasteiger partial charge in [-0.3, -0.25) is 4.98 Å². The van der Waals surface area contributed by atoms with Crippen molar-refractivity contribution in [2.75, 3.05) is 0 Å². The molecular formula is C13H15N5. The smallest absolute Gasteiger partial charge is 0.190 e. The summed E-state index contributed by atoms with van der Waals surface area (Å²) in [5, 5.41) is 17.0. The SMILES string of the molecule is CC(C)CCn1nnc(C#N)c1-c1cccnc1. The fourth-order valence-corrected chi connectivity index (χ4v) is 1.71. The van der Waals surface area contributed by atoms with E-state index in [1.165, 1.54) is 0 Å². The van der Waals surface area contributed by atoms with Crippen LogP contribution in [0.15, 0.2) is 24.5 Å². The van der Waals surface area contributed by atoms with E-state index in [0.717, 1.165) is 24.2 Å². The number of nitrogens with zero attached hydrogens (tertiary/aromatic N) is 5. The van der Waals surface area contributed by atoms with Crippen LogP contribution in [0.2, 0.25) is 0 Å². The first kappa shape index (κ1) is 12.2. The molecule has 0 aliphatic heterocycles. The maximum absolute atomic E-state index is 9.08. The van der Waals surface area contributed by atoms with Crippen LogP contribution in [0.1, 0.15) is 26.0 Å². The number of pyridine rings is 1. The fraction of sp³-hybridized carbons (Fsp3) is 0.385. The Morgan fingerprint density at radius 3 is 2.89 bits per heavy atom. The highest BCUT2D eigenvalue weighted by molar-refractivity contribution is 5.63. The van der Waals surface area contributed by atoms with Gasteiger partial charge in [-0.1, -0.05) is 19.1 Å². The Labute approximate surface area is 106 Å². The molecule has 0 fully saturated rings. The molecule has 0 aliphatic rings. The highest BCUT2D eigenvalue weighted by Crippen LogP contribution is 2.21. The number of hydrogen-bond donors (Lipinski definition) is 0. The minimum atomic E-state index is 0.353. The first-order valence-electron chi connectivity index (χ1n) is 5.96. The largest absolute Gasteiger partial charge is 0.264 e. The Morgan fingerprint density at radius 1 is 1.44 bits per heavy atom. The summed E-state index contributed by atoms with van der Waals surface area (Å²) in [6, 6.07) is 5.84. The molecule has 0 aromatic carbocycles. The van der Waals surface area contributed by atoms with Gasteiger partial charge in [0.25, 0.3) is 0 Å². The van der Waals surface area contributed by atoms with Gasteiger partial charge in [-0.15, -0.1) is 5.10 Å². The summed E-state index contributed by atoms with van der Waals surface area (Å²) >= 11 is 0. The van der Waals surface area contributed by atoms with Crippen molar-refractivity contribution < 1.29 is 0 Å². The van der Waals surface area contributed by atoms with Crippen LogP contribution >= 0.6 is 0 Å². The van der Waals surface area contributed by atoms with E-state index in [1.807, 2.05) is 12.1 Å². The topological polar surface area (TPSA) is 67.4 Å². The van der Waals surface area contributed by atoms with Gasteiger partial charge in [-0.05, 0) is 24.5 Å². The van der Waals surface area contributed by atoms with Crippen molar-refractivity contribution in [3.05, 3.63) is 30.2 Å². The van der Waals surface area contributed by atoms with Gasteiger partial charge in [0.05, 0.1) is 0 Å². The van der Waals surface area contributed by atoms with Crippen LogP contribution in [0.4, 0.5) is 0 Å². The van der Waals surface area contributed by atoms with Crippen molar-refractivity contribution in [3.8, 4) is 17.3 Å². The van der Waals surface area contributed by atoms with E-state index in [1.54, 1.807) is 17.1 Å². The normalized spacial score (nSPS) is 10.6. The molecule has 0 aliphatic carbocycles. The third kappa shape index (κ3) is 2.54. The molecular weight excluding hydrogens is 226 g/mol. The van der Waals surface area contributed by atoms with Gasteiger partial charge >= 0.3 is 0 Å². The molecule has 0 spiro atoms. The summed E-state index contributed by atoms with van der Waals surface area (Å²) in [6.45, 7) is 5.08. The summed E-state index contributed by atoms with van der Waals surface area (Å²) in [5.74, 6) is 0.585. The average Bonchev–Trinajstić information content (AvgIpc) is 2.80. The number of nitriles is 1. The standard InChI is InChI=1S/C13H15N5/c1-10(2)5-7-18-13(12(8-14)16-17-18)11-4-3-6-15-9-11/h3-4,6,9-10H,5,7H2,1-2H3. The van der Waals surface area contributed by atoms with Crippen LogP contribution in [0.5, 0.6) is 0 Å². The second kappa shape index (κ2) is 5.41. The van der Waals surface area contributed by atoms with Crippen molar-refractivity contribution in [3.63, 3.8) is 0 Å². The Hall–Kier alpha value is -2.22. The van der Waals surface area contributed by atoms with Crippen LogP contribution in [-0.4, -0.2) is 20.0 Å². The van der Waals surface area contributed by atoms with Crippen molar-refractivity contribution in [2.24, 2.45) is 5.92 Å². The minimum absolute atomic E-state index is 0.353. The van der Waals surface area contributed by atoms with E-state index in [9.17, 15) is 0 Å². The van der Waals surface area contributed by atoms with E-state index in [2.05, 4.69) is 35.2 Å². The summed E-state index contributed by atoms with van der Waals surface area (Å²) in [4.78, 5) is 4.07. The van der Waals surface area contributed by atoms with E-state index < -0.39 is 0 Å². The van der Waals surface area contributed by atoms with Gasteiger partial charge in [0.15, 0.2) is 5.69 Å². The third-order valence-corrected chi connectivity index (χ3v) is 2.69. The first-order valence-corrected chi connectivity index (χ1v) is 5.96. The second-order valence-electron chi connectivity index (χ2n) is 4.55. The van der Waals surface area contributed by atoms with E-state index in [4.69, 9.17) is 5.26 Å². The summed E-state index contributed by atoms with van der Waals surface area (Å²) in [7, 11) is 0. The molecule has 0 bridgehead atoms. The zero-order valence-electron chi connectivity index (χ0n) is 10.5. The number of aromatic nitrogens is 4. The van der Waals surface area contributed by atoms with Crippen LogP contribution in [0.25, 0.3) is 11.3 Å². The van der Waals surface area contributed by atoms with E-state index in [-0.39, 0.29) is 0 Å². The molecule has 0 N–H and O–H groups in total. The molecule has 0 amide bonds. The molecule has 0 atom stereocenters. The van der Waals surface area contributed by atoms with E-state index in [0.29, 0.717) is 11.6 Å². The van der Waals surface area contributed by atoms with Crippen LogP contribution in [0.3, 0.4) is 0 Å². The van der Waals surface area contributed by atoms with E-state index >= 15 is 0 Å². The quantitative estimate of drug-likeness (QED) is 0.823. The van der Waals surface area contributed by atoms with Crippen LogP contribution < -0.4 is 0 Å². The Kier molecular flexibility index (Phi) is 3.68. The lowest BCUT2D eigenvalue weighted by Gasteiger charge is -2.08. The lowest BCUT2D eigenvalue weighted by Crippen LogP contribution is -2.05. The number of hydrogen-bond acceptors (Lipinski definition) is 4. The average molecular weight is 241 g/mol. The fourth-order valence-electron chi connectivity index (χ4n) is 1.71. The zero-order chi connectivity index (χ0) is 13.0. The second-order valence-corrected chi connectivity index (χ2v) is 4.55. The molecule has 5 nitrogen and oxygen atoms in total. The summed E-state index contributed by atoms with van der Waals surface area (Å²) in [6.07, 6.45) is 4.44. The van der Waals surface area contributed by atoms with Crippen molar-refractivity contribution in [1.29, 1.82) is 5.26 Å². The lowest BCUT2D eigenvalue weighted by molar-refractivity contribution is 0.481. The predicted octanol–water partition coefficient (Wildman–Crippen LogP) is 2.26. The third-order valence-electron chi connectivity index (χ3n) is 2.69. The van der Waals surface area contributed by atoms with Crippen LogP contribution in [0, 0.1) is 17.2 Å². The highest BCUT2D eigenvalue weighted by Gasteiger charge is 2.14. The maximum Gasteiger partial charge on any atom is 0.190 e. The molecule has 2 aromatic rings. The minimum Gasteiger partial charge on any atom is -0.264 e. The van der Waals surface area contributed by atoms with Gasteiger partial charge in [0.2, 0.25) is 0 Å². The Balaban J connectivity index is 2.38. The molecule has 2 heterocycles. The molecule has 5 heteroatoms. The van der Waals surface area contributed by atoms with Crippen molar-refractivity contribution >= 4 is 0 Å². The van der Waals surface area contributed by atoms with Crippen LogP contribution in [-0.2, 0) is 6.54 Å². The Bertz CT molecular complexity index is 551. The molecule has 2 aromatic heterocycles. The molecule has 0 saturated carbocycles. The Morgan fingerprint density at radius 2 is 2.28 bits per heavy atom. The number of aryl methyl sites for hydroxylation is 1. The highest BCUT2D eigenvalue weighted by atomic mass is 15.4. The molecule has 0 unspecified atom stereocenters. The molecule has 0 saturated heterocycles. The first-order chi connectivity index (χ1) is 8.72. The van der Waals surface area contributed by atoms with Crippen molar-refractivity contribution in [1.82, 2.24) is 20.0 Å². The monoisotopic (exact) mass is 241 g/mol. The maximum atomic E-state index is 9.08. The lowest BCUT2D eigenvalue weighted by atomic mass is 10.1. The molecule has 2 rings (SSSR count). The zero-order valence-corrected chi connectivity index (χ0v) is 10.5. The van der Waals surface area contributed by atoms with Crippen molar-refractivity contribution in [2.45, 2.75) is 26.8 Å². The number of rotatable bonds is 4. The summed E-state index contributed by atoms with van der Waals surface area (Å²) in [5.41, 5.74) is 1.99. The molecule has 0 radical (unpaired) electrons. The molecule has 92 valence electrons. The molecule has 18 heavy (non-hydrogen) atoms. The summed E-state index contributed by atoms with van der Waals surface area (Å²) < 4.78 is 1.79. The van der Waals surface area contributed by atoms with Gasteiger partial charge in [-0.25, -0.2) is 4.68 Å². The van der Waals surface area contributed by atoms with Gasteiger partial charge < -0.3 is 0 Å². The van der Waals surface area contributed by atoms with Gasteiger partial charge in [0, 0.05) is 24.5 Å². The predicted molar refractivity (Wildman–Crippen MR) is 67.4 cm³/mol. The van der Waals surface area contributed by atoms with Gasteiger partial charge in [-0.2, -0.15) is 5.26 Å².